The third-order valence-corrected chi connectivity index (χ3v) is 3.44. The lowest BCUT2D eigenvalue weighted by atomic mass is 10.4. The van der Waals surface area contributed by atoms with Crippen LogP contribution >= 0.6 is 11.3 Å². The number of hydrogen-bond acceptors (Lipinski definition) is 5. The Bertz CT molecular complexity index is 725. The van der Waals surface area contributed by atoms with Gasteiger partial charge in [0.1, 0.15) is 16.9 Å². The van der Waals surface area contributed by atoms with Crippen molar-refractivity contribution >= 4 is 21.6 Å². The molecule has 0 aromatic carbocycles. The van der Waals surface area contributed by atoms with Gasteiger partial charge in [0.15, 0.2) is 0 Å². The molecule has 0 spiro atoms. The predicted molar refractivity (Wildman–Crippen MR) is 64.0 cm³/mol. The summed E-state index contributed by atoms with van der Waals surface area (Å²) in [4.78, 5) is 20.4. The average molecular weight is 247 g/mol. The number of hydrogen-bond donors (Lipinski definition) is 0. The van der Waals surface area contributed by atoms with Crippen LogP contribution in [0.2, 0.25) is 0 Å². The summed E-state index contributed by atoms with van der Waals surface area (Å²) in [6.45, 7) is 0.385. The molecule has 0 unspecified atom stereocenters. The van der Waals surface area contributed by atoms with Gasteiger partial charge in [0, 0.05) is 7.05 Å². The fourth-order valence-corrected chi connectivity index (χ4v) is 2.40. The molecule has 3 heterocycles. The molecule has 0 N–H and O–H groups in total. The smallest absolute Gasteiger partial charge is 0.271 e. The Balaban J connectivity index is 2.09. The van der Waals surface area contributed by atoms with E-state index in [0.29, 0.717) is 11.2 Å². The van der Waals surface area contributed by atoms with Crippen molar-refractivity contribution in [2.24, 2.45) is 7.05 Å². The Labute approximate surface area is 100 Å². The van der Waals surface area contributed by atoms with E-state index in [1.165, 1.54) is 17.7 Å². The second-order valence-electron chi connectivity index (χ2n) is 3.61. The van der Waals surface area contributed by atoms with Crippen LogP contribution in [0, 0.1) is 0 Å². The minimum Gasteiger partial charge on any atom is -0.290 e. The molecule has 0 fully saturated rings. The largest absolute Gasteiger partial charge is 0.290 e. The highest BCUT2D eigenvalue weighted by Gasteiger charge is 2.07. The predicted octanol–water partition coefficient (Wildman–Crippen LogP) is 0.635. The van der Waals surface area contributed by atoms with Crippen LogP contribution in [0.25, 0.3) is 10.2 Å². The van der Waals surface area contributed by atoms with E-state index in [1.54, 1.807) is 22.6 Å². The highest BCUT2D eigenvalue weighted by Crippen LogP contribution is 2.13. The Morgan fingerprint density at radius 1 is 1.41 bits per heavy atom. The number of fused-ring (bicyclic) bond motifs is 1. The maximum Gasteiger partial charge on any atom is 0.271 e. The number of nitrogens with zero attached hydrogens (tertiary/aromatic N) is 5. The van der Waals surface area contributed by atoms with E-state index in [1.807, 2.05) is 11.4 Å². The molecule has 0 aliphatic heterocycles. The fraction of sp³-hybridized carbons (Fsp3) is 0.200. The Morgan fingerprint density at radius 3 is 3.06 bits per heavy atom. The maximum absolute atomic E-state index is 12.1. The van der Waals surface area contributed by atoms with Gasteiger partial charge in [0.2, 0.25) is 0 Å². The highest BCUT2D eigenvalue weighted by molar-refractivity contribution is 7.17. The van der Waals surface area contributed by atoms with Crippen LogP contribution in [0.15, 0.2) is 28.9 Å². The normalized spacial score (nSPS) is 11.1. The van der Waals surface area contributed by atoms with Gasteiger partial charge in [-0.3, -0.25) is 14.0 Å². The summed E-state index contributed by atoms with van der Waals surface area (Å²) in [5.41, 5.74) is 0.710. The second-order valence-corrected chi connectivity index (χ2v) is 4.53. The van der Waals surface area contributed by atoms with Gasteiger partial charge in [-0.15, -0.1) is 11.3 Å². The molecule has 3 aromatic heterocycles. The molecule has 0 atom stereocenters. The van der Waals surface area contributed by atoms with E-state index in [-0.39, 0.29) is 5.56 Å². The molecule has 86 valence electrons. The van der Waals surface area contributed by atoms with Gasteiger partial charge in [-0.1, -0.05) is 0 Å². The first-order chi connectivity index (χ1) is 8.25. The first-order valence-electron chi connectivity index (χ1n) is 5.01. The molecular formula is C10H9N5OS. The van der Waals surface area contributed by atoms with Gasteiger partial charge >= 0.3 is 0 Å². The SMILES string of the molecule is Cn1ncnc1Cn1cnc2ccsc2c1=O. The molecular weight excluding hydrogens is 238 g/mol. The number of aryl methyl sites for hydroxylation is 1. The van der Waals surface area contributed by atoms with Crippen LogP contribution in [0.1, 0.15) is 5.82 Å². The number of thiophene rings is 1. The zero-order valence-corrected chi connectivity index (χ0v) is 9.89. The minimum atomic E-state index is -0.0343. The van der Waals surface area contributed by atoms with Crippen LogP contribution in [-0.4, -0.2) is 24.3 Å². The molecule has 0 saturated carbocycles. The Morgan fingerprint density at radius 2 is 2.29 bits per heavy atom. The molecule has 7 heteroatoms. The van der Waals surface area contributed by atoms with Gasteiger partial charge in [0.25, 0.3) is 5.56 Å². The molecule has 0 radical (unpaired) electrons. The van der Waals surface area contributed by atoms with Crippen LogP contribution in [-0.2, 0) is 13.6 Å². The molecule has 0 saturated heterocycles. The van der Waals surface area contributed by atoms with Crippen molar-refractivity contribution in [3.8, 4) is 0 Å². The van der Waals surface area contributed by atoms with E-state index in [9.17, 15) is 4.79 Å². The summed E-state index contributed by atoms with van der Waals surface area (Å²) in [5, 5.41) is 5.83. The van der Waals surface area contributed by atoms with Gasteiger partial charge in [0.05, 0.1) is 18.4 Å². The molecule has 0 aliphatic carbocycles. The van der Waals surface area contributed by atoms with E-state index < -0.39 is 0 Å². The molecule has 0 amide bonds. The molecule has 3 aromatic rings. The number of rotatable bonds is 2. The quantitative estimate of drug-likeness (QED) is 0.666. The molecule has 3 rings (SSSR count). The second kappa shape index (κ2) is 3.77. The van der Waals surface area contributed by atoms with Gasteiger partial charge < -0.3 is 0 Å². The van der Waals surface area contributed by atoms with E-state index >= 15 is 0 Å². The molecule has 0 aliphatic rings. The standard InChI is InChI=1S/C10H9N5OS/c1-14-8(11-5-13-14)4-15-6-12-7-2-3-17-9(7)10(15)16/h2-3,5-6H,4H2,1H3. The van der Waals surface area contributed by atoms with Gasteiger partial charge in [-0.25, -0.2) is 9.97 Å². The fourth-order valence-electron chi connectivity index (χ4n) is 1.61. The summed E-state index contributed by atoms with van der Waals surface area (Å²) in [7, 11) is 1.80. The summed E-state index contributed by atoms with van der Waals surface area (Å²) < 4.78 is 3.86. The first kappa shape index (κ1) is 10.2. The van der Waals surface area contributed by atoms with E-state index in [4.69, 9.17) is 0 Å². The minimum absolute atomic E-state index is 0.0343. The maximum atomic E-state index is 12.1. The van der Waals surface area contributed by atoms with Gasteiger partial charge in [-0.2, -0.15) is 5.10 Å². The van der Waals surface area contributed by atoms with Crippen LogP contribution in [0.3, 0.4) is 0 Å². The van der Waals surface area contributed by atoms with E-state index in [0.717, 1.165) is 11.3 Å². The molecule has 6 nitrogen and oxygen atoms in total. The summed E-state index contributed by atoms with van der Waals surface area (Å²) in [6, 6.07) is 1.84. The summed E-state index contributed by atoms with van der Waals surface area (Å²) >= 11 is 1.41. The number of aromatic nitrogens is 5. The van der Waals surface area contributed by atoms with Crippen molar-refractivity contribution < 1.29 is 0 Å². The lowest BCUT2D eigenvalue weighted by molar-refractivity contribution is 0.638. The monoisotopic (exact) mass is 247 g/mol. The zero-order valence-electron chi connectivity index (χ0n) is 9.07. The first-order valence-corrected chi connectivity index (χ1v) is 5.89. The highest BCUT2D eigenvalue weighted by atomic mass is 32.1. The average Bonchev–Trinajstić information content (AvgIpc) is 2.92. The summed E-state index contributed by atoms with van der Waals surface area (Å²) in [6.07, 6.45) is 3.02. The van der Waals surface area contributed by atoms with Gasteiger partial charge in [-0.05, 0) is 11.4 Å². The van der Waals surface area contributed by atoms with Crippen molar-refractivity contribution in [1.29, 1.82) is 0 Å². The lowest BCUT2D eigenvalue weighted by Crippen LogP contribution is -2.21. The Kier molecular flexibility index (Phi) is 2.25. The summed E-state index contributed by atoms with van der Waals surface area (Å²) in [5.74, 6) is 0.727. The van der Waals surface area contributed by atoms with Crippen molar-refractivity contribution in [3.05, 3.63) is 40.3 Å². The third kappa shape index (κ3) is 1.64. The zero-order chi connectivity index (χ0) is 11.8. The van der Waals surface area contributed by atoms with Crippen LogP contribution < -0.4 is 5.56 Å². The molecule has 0 bridgehead atoms. The van der Waals surface area contributed by atoms with Crippen LogP contribution in [0.5, 0.6) is 0 Å². The van der Waals surface area contributed by atoms with Crippen molar-refractivity contribution in [2.45, 2.75) is 6.54 Å². The third-order valence-electron chi connectivity index (χ3n) is 2.55. The van der Waals surface area contributed by atoms with E-state index in [2.05, 4.69) is 15.1 Å². The van der Waals surface area contributed by atoms with Crippen LogP contribution in [0.4, 0.5) is 0 Å². The lowest BCUT2D eigenvalue weighted by Gasteiger charge is -2.03. The van der Waals surface area contributed by atoms with Crippen molar-refractivity contribution in [3.63, 3.8) is 0 Å². The Hall–Kier alpha value is -2.02. The van der Waals surface area contributed by atoms with Crippen molar-refractivity contribution in [2.75, 3.05) is 0 Å². The van der Waals surface area contributed by atoms with Crippen molar-refractivity contribution in [1.82, 2.24) is 24.3 Å². The molecule has 17 heavy (non-hydrogen) atoms. The topological polar surface area (TPSA) is 65.6 Å².